The van der Waals surface area contributed by atoms with Gasteiger partial charge in [-0.05, 0) is 51.2 Å². The third kappa shape index (κ3) is 3.93. The minimum absolute atomic E-state index is 0.0273. The van der Waals surface area contributed by atoms with E-state index in [0.717, 1.165) is 58.0 Å². The van der Waals surface area contributed by atoms with Crippen LogP contribution in [0.3, 0.4) is 0 Å². The minimum Gasteiger partial charge on any atom is -0.343 e. The Morgan fingerprint density at radius 1 is 1.27 bits per heavy atom. The van der Waals surface area contributed by atoms with Gasteiger partial charge in [0.1, 0.15) is 5.54 Å². The summed E-state index contributed by atoms with van der Waals surface area (Å²) in [5.74, 6) is 1.73. The van der Waals surface area contributed by atoms with Gasteiger partial charge in [-0.15, -0.1) is 0 Å². The number of amides is 1. The second-order valence-corrected chi connectivity index (χ2v) is 7.78. The molecule has 2 saturated carbocycles. The van der Waals surface area contributed by atoms with Crippen LogP contribution >= 0.6 is 0 Å². The van der Waals surface area contributed by atoms with Crippen LogP contribution in [0.2, 0.25) is 0 Å². The molecule has 1 heterocycles. The number of aromatic nitrogens is 2. The first-order chi connectivity index (χ1) is 12.6. The highest BCUT2D eigenvalue weighted by atomic mass is 16.5. The summed E-state index contributed by atoms with van der Waals surface area (Å²) in [6, 6.07) is 0. The molecule has 3 N–H and O–H groups in total. The Hall–Kier alpha value is -1.47. The fourth-order valence-electron chi connectivity index (χ4n) is 4.53. The van der Waals surface area contributed by atoms with E-state index in [9.17, 15) is 4.79 Å². The van der Waals surface area contributed by atoms with E-state index in [1.807, 2.05) is 0 Å². The van der Waals surface area contributed by atoms with Crippen LogP contribution in [-0.2, 0) is 16.9 Å². The summed E-state index contributed by atoms with van der Waals surface area (Å²) in [5.41, 5.74) is 5.40. The Kier molecular flexibility index (Phi) is 6.29. The molecule has 2 atom stereocenters. The van der Waals surface area contributed by atoms with E-state index in [-0.39, 0.29) is 11.8 Å². The lowest BCUT2D eigenvalue weighted by Crippen LogP contribution is -2.48. The lowest BCUT2D eigenvalue weighted by atomic mass is 9.91. The molecule has 7 nitrogen and oxygen atoms in total. The van der Waals surface area contributed by atoms with Crippen LogP contribution in [0.25, 0.3) is 0 Å². The zero-order valence-electron chi connectivity index (χ0n) is 16.2. The zero-order chi connectivity index (χ0) is 18.6. The van der Waals surface area contributed by atoms with Gasteiger partial charge in [-0.1, -0.05) is 38.3 Å². The molecule has 0 bridgehead atoms. The first-order valence-corrected chi connectivity index (χ1v) is 10.2. The van der Waals surface area contributed by atoms with Gasteiger partial charge < -0.3 is 15.6 Å². The highest BCUT2D eigenvalue weighted by Gasteiger charge is 2.44. The lowest BCUT2D eigenvalue weighted by Gasteiger charge is -2.29. The number of carbonyl (C=O) groups is 1. The van der Waals surface area contributed by atoms with E-state index in [1.165, 1.54) is 0 Å². The van der Waals surface area contributed by atoms with Crippen LogP contribution < -0.4 is 11.1 Å². The van der Waals surface area contributed by atoms with Gasteiger partial charge in [0.25, 0.3) is 0 Å². The van der Waals surface area contributed by atoms with E-state index >= 15 is 0 Å². The predicted octanol–water partition coefficient (Wildman–Crippen LogP) is 2.17. The van der Waals surface area contributed by atoms with Gasteiger partial charge >= 0.3 is 0 Å². The van der Waals surface area contributed by atoms with Crippen molar-refractivity contribution in [1.29, 1.82) is 0 Å². The molecule has 0 saturated heterocycles. The minimum atomic E-state index is -0.468. The predicted molar refractivity (Wildman–Crippen MR) is 99.1 cm³/mol. The first-order valence-electron chi connectivity index (χ1n) is 10.2. The maximum absolute atomic E-state index is 13.0. The van der Waals surface area contributed by atoms with Gasteiger partial charge in [0.2, 0.25) is 11.8 Å². The monoisotopic (exact) mass is 363 g/mol. The summed E-state index contributed by atoms with van der Waals surface area (Å²) in [4.78, 5) is 19.9. The number of hydrogen-bond donors (Lipinski definition) is 2. The highest BCUT2D eigenvalue weighted by molar-refractivity contribution is 5.80. The van der Waals surface area contributed by atoms with Crippen molar-refractivity contribution < 1.29 is 9.32 Å². The summed E-state index contributed by atoms with van der Waals surface area (Å²) in [6.45, 7) is 7.36. The van der Waals surface area contributed by atoms with Crippen molar-refractivity contribution in [3.8, 4) is 0 Å². The Bertz CT molecular complexity index is 593. The quantitative estimate of drug-likeness (QED) is 0.735. The fraction of sp³-hybridized carbons (Fsp3) is 0.842. The number of nitrogens with one attached hydrogen (secondary N) is 1. The van der Waals surface area contributed by atoms with E-state index in [0.29, 0.717) is 30.7 Å². The summed E-state index contributed by atoms with van der Waals surface area (Å²) in [5, 5.41) is 7.58. The zero-order valence-corrected chi connectivity index (χ0v) is 16.2. The molecule has 7 heteroatoms. The molecule has 0 aliphatic heterocycles. The Balaban J connectivity index is 1.74. The van der Waals surface area contributed by atoms with Crippen LogP contribution in [-0.4, -0.2) is 40.6 Å². The molecule has 0 unspecified atom stereocenters. The summed E-state index contributed by atoms with van der Waals surface area (Å²) in [6.07, 6.45) is 6.98. The normalized spacial score (nSPS) is 25.1. The van der Waals surface area contributed by atoms with Crippen LogP contribution in [0.4, 0.5) is 0 Å². The number of rotatable bonds is 8. The number of nitrogens with zero attached hydrogens (tertiary/aromatic N) is 3. The number of hydrogen-bond acceptors (Lipinski definition) is 6. The molecule has 1 aromatic rings. The van der Waals surface area contributed by atoms with Gasteiger partial charge in [-0.25, -0.2) is 0 Å². The maximum Gasteiger partial charge on any atom is 0.240 e. The molecular formula is C19H33N5O2. The van der Waals surface area contributed by atoms with Gasteiger partial charge in [0.15, 0.2) is 5.82 Å². The molecule has 3 rings (SSSR count). The molecule has 1 amide bonds. The average molecular weight is 364 g/mol. The lowest BCUT2D eigenvalue weighted by molar-refractivity contribution is -0.128. The van der Waals surface area contributed by atoms with Crippen LogP contribution in [0.1, 0.15) is 70.5 Å². The highest BCUT2D eigenvalue weighted by Crippen LogP contribution is 2.39. The topological polar surface area (TPSA) is 97.3 Å². The van der Waals surface area contributed by atoms with Crippen molar-refractivity contribution >= 4 is 5.91 Å². The molecule has 0 spiro atoms. The van der Waals surface area contributed by atoms with E-state index in [4.69, 9.17) is 10.3 Å². The Morgan fingerprint density at radius 2 is 2.00 bits per heavy atom. The molecule has 2 aliphatic carbocycles. The largest absolute Gasteiger partial charge is 0.343 e. The third-order valence-electron chi connectivity index (χ3n) is 6.27. The fourth-order valence-corrected chi connectivity index (χ4v) is 4.53. The average Bonchev–Trinajstić information content (AvgIpc) is 3.39. The van der Waals surface area contributed by atoms with Crippen molar-refractivity contribution in [2.75, 3.05) is 19.6 Å². The molecule has 0 aromatic carbocycles. The Labute approximate surface area is 156 Å². The number of carbonyl (C=O) groups excluding carboxylic acids is 1. The molecule has 1 aromatic heterocycles. The second-order valence-electron chi connectivity index (χ2n) is 7.78. The van der Waals surface area contributed by atoms with Crippen molar-refractivity contribution in [2.24, 2.45) is 17.6 Å². The maximum atomic E-state index is 13.0. The van der Waals surface area contributed by atoms with Crippen LogP contribution in [0.5, 0.6) is 0 Å². The summed E-state index contributed by atoms with van der Waals surface area (Å²) < 4.78 is 5.51. The number of nitrogens with two attached hydrogens (primary N) is 1. The molecule has 26 heavy (non-hydrogen) atoms. The van der Waals surface area contributed by atoms with E-state index in [1.54, 1.807) is 0 Å². The third-order valence-corrected chi connectivity index (χ3v) is 6.27. The van der Waals surface area contributed by atoms with Gasteiger partial charge in [0.05, 0.1) is 6.54 Å². The second kappa shape index (κ2) is 8.48. The SMILES string of the molecule is CCN(CC)Cc1nc(C2(NC(=O)[C@@H]3CCC[C@@H]3CN)CCCC2)no1. The van der Waals surface area contributed by atoms with Crippen molar-refractivity contribution in [3.63, 3.8) is 0 Å². The Morgan fingerprint density at radius 3 is 2.65 bits per heavy atom. The summed E-state index contributed by atoms with van der Waals surface area (Å²) >= 11 is 0. The van der Waals surface area contributed by atoms with E-state index < -0.39 is 5.54 Å². The molecule has 2 aliphatic rings. The standard InChI is InChI=1S/C19H33N5O2/c1-3-24(4-2)13-16-21-18(23-26-16)19(10-5-6-11-19)22-17(25)15-9-7-8-14(15)12-20/h14-15H,3-13,20H2,1-2H3,(H,22,25)/t14-,15-/m1/s1. The molecule has 0 radical (unpaired) electrons. The first kappa shape index (κ1) is 19.3. The van der Waals surface area contributed by atoms with E-state index in [2.05, 4.69) is 34.2 Å². The van der Waals surface area contributed by atoms with Gasteiger partial charge in [0, 0.05) is 5.92 Å². The van der Waals surface area contributed by atoms with Crippen molar-refractivity contribution in [2.45, 2.75) is 70.9 Å². The molecular weight excluding hydrogens is 330 g/mol. The summed E-state index contributed by atoms with van der Waals surface area (Å²) in [7, 11) is 0. The van der Waals surface area contributed by atoms with Crippen molar-refractivity contribution in [3.05, 3.63) is 11.7 Å². The van der Waals surface area contributed by atoms with Crippen LogP contribution in [0, 0.1) is 11.8 Å². The molecule has 2 fully saturated rings. The van der Waals surface area contributed by atoms with Gasteiger partial charge in [-0.2, -0.15) is 4.98 Å². The van der Waals surface area contributed by atoms with Gasteiger partial charge in [-0.3, -0.25) is 9.69 Å². The van der Waals surface area contributed by atoms with Crippen LogP contribution in [0.15, 0.2) is 4.52 Å². The molecule has 146 valence electrons. The smallest absolute Gasteiger partial charge is 0.240 e. The van der Waals surface area contributed by atoms with Crippen molar-refractivity contribution in [1.82, 2.24) is 20.4 Å².